The molecule has 0 aromatic heterocycles. The van der Waals surface area contributed by atoms with Crippen LogP contribution in [0.2, 0.25) is 0 Å². The van der Waals surface area contributed by atoms with E-state index in [2.05, 4.69) is 27.8 Å². The Morgan fingerprint density at radius 3 is 2.04 bits per heavy atom. The van der Waals surface area contributed by atoms with E-state index in [4.69, 9.17) is 23.1 Å². The summed E-state index contributed by atoms with van der Waals surface area (Å²) in [5.41, 5.74) is 8.41. The minimum atomic E-state index is -1.88. The van der Waals surface area contributed by atoms with Gasteiger partial charge in [0.15, 0.2) is 0 Å². The number of aryl methyl sites for hydroxylation is 1. The first-order valence-corrected chi connectivity index (χ1v) is 18.4. The Balaban J connectivity index is 1.51. The molecule has 1 unspecified atom stereocenters. The molecule has 12 nitrogen and oxygen atoms in total. The maximum atomic E-state index is 12.6. The van der Waals surface area contributed by atoms with Crippen molar-refractivity contribution < 1.29 is 36.9 Å². The Morgan fingerprint density at radius 2 is 1.38 bits per heavy atom. The van der Waals surface area contributed by atoms with E-state index in [1.54, 1.807) is 43.3 Å². The van der Waals surface area contributed by atoms with Crippen molar-refractivity contribution in [2.24, 2.45) is 0 Å². The summed E-state index contributed by atoms with van der Waals surface area (Å²) < 4.78 is 43.2. The van der Waals surface area contributed by atoms with Crippen molar-refractivity contribution in [2.45, 2.75) is 59.3 Å². The van der Waals surface area contributed by atoms with Gasteiger partial charge >= 0.3 is 11.3 Å². The molecule has 0 aliphatic carbocycles. The van der Waals surface area contributed by atoms with Crippen LogP contribution in [0.15, 0.2) is 36.4 Å². The van der Waals surface area contributed by atoms with Crippen molar-refractivity contribution in [2.75, 3.05) is 79.8 Å². The van der Waals surface area contributed by atoms with Crippen LogP contribution in [-0.4, -0.2) is 80.9 Å². The predicted molar refractivity (Wildman–Crippen MR) is 190 cm³/mol. The molecule has 0 saturated carbocycles. The highest BCUT2D eigenvalue weighted by Gasteiger charge is 2.14. The van der Waals surface area contributed by atoms with Crippen LogP contribution >= 0.6 is 11.8 Å². The van der Waals surface area contributed by atoms with Crippen LogP contribution in [0, 0.1) is 13.8 Å². The molecular weight excluding hydrogens is 645 g/mol. The summed E-state index contributed by atoms with van der Waals surface area (Å²) in [5.74, 6) is 1.18. The second-order valence-electron chi connectivity index (χ2n) is 10.6. The van der Waals surface area contributed by atoms with E-state index in [0.29, 0.717) is 86.8 Å². The van der Waals surface area contributed by atoms with Gasteiger partial charge in [-0.15, -0.1) is 11.8 Å². The van der Waals surface area contributed by atoms with Gasteiger partial charge in [0.05, 0.1) is 63.4 Å². The molecule has 0 aliphatic rings. The number of unbranched alkanes of at least 4 members (excludes halogenated alkanes) is 5. The van der Waals surface area contributed by atoms with Crippen LogP contribution in [0.1, 0.15) is 56.6 Å². The number of hydrogen-bond donors (Lipinski definition) is 4. The minimum absolute atomic E-state index is 0.147. The highest BCUT2D eigenvalue weighted by atomic mass is 32.2. The van der Waals surface area contributed by atoms with Gasteiger partial charge in [-0.1, -0.05) is 45.1 Å². The second-order valence-corrected chi connectivity index (χ2v) is 12.5. The largest absolute Gasteiger partial charge is 0.385 e. The molecule has 1 atom stereocenters. The standard InChI is InChI=1S/C33H52N4O8S2/c1-4-5-6-7-8-9-16-41-17-18-42-19-20-43-21-22-44-23-24-46-25-32(39)35-33-27(2)10-15-31(28(33)3)45-47(40)37-30-13-11-29(12-14-30)36-34-26-38/h10-15,26,36-37H,4-9,16-25H2,1-3H3,(H,34,38)(H,35,39). The Bertz CT molecular complexity index is 1170. The topological polar surface area (TPSA) is 145 Å². The predicted octanol–water partition coefficient (Wildman–Crippen LogP) is 5.54. The van der Waals surface area contributed by atoms with E-state index in [0.717, 1.165) is 18.6 Å². The fourth-order valence-corrected chi connectivity index (χ4v) is 5.60. The van der Waals surface area contributed by atoms with E-state index in [1.165, 1.54) is 43.9 Å². The van der Waals surface area contributed by atoms with E-state index >= 15 is 0 Å². The van der Waals surface area contributed by atoms with Crippen molar-refractivity contribution in [3.63, 3.8) is 0 Å². The number of benzene rings is 2. The van der Waals surface area contributed by atoms with Gasteiger partial charge in [-0.05, 0) is 56.2 Å². The molecule has 0 heterocycles. The fraction of sp³-hybridized carbons (Fsp3) is 0.576. The number of amides is 2. The molecule has 2 amide bonds. The number of carbonyl (C=O) groups is 2. The second kappa shape index (κ2) is 26.1. The molecule has 2 aromatic rings. The SMILES string of the molecule is CCCCCCCCOCCOCCOCCOCCSCC(=O)Nc1c(C)ccc(OS(=O)Nc2ccc(NNC=O)cc2)c1C. The number of hydrazine groups is 1. The first-order chi connectivity index (χ1) is 22.9. The maximum Gasteiger partial charge on any atom is 0.316 e. The summed E-state index contributed by atoms with van der Waals surface area (Å²) in [5, 5.41) is 2.95. The third-order valence-electron chi connectivity index (χ3n) is 6.78. The van der Waals surface area contributed by atoms with Gasteiger partial charge in [0.2, 0.25) is 12.3 Å². The van der Waals surface area contributed by atoms with E-state index in [-0.39, 0.29) is 11.7 Å². The lowest BCUT2D eigenvalue weighted by molar-refractivity contribution is -0.114. The third-order valence-corrected chi connectivity index (χ3v) is 8.43. The zero-order valence-electron chi connectivity index (χ0n) is 27.9. The first-order valence-electron chi connectivity index (χ1n) is 16.1. The van der Waals surface area contributed by atoms with Gasteiger partial charge in [-0.2, -0.15) is 4.21 Å². The molecule has 0 fully saturated rings. The monoisotopic (exact) mass is 696 g/mol. The molecule has 14 heteroatoms. The van der Waals surface area contributed by atoms with Crippen LogP contribution in [0.25, 0.3) is 0 Å². The summed E-state index contributed by atoms with van der Waals surface area (Å²) >= 11 is -0.403. The molecule has 0 bridgehead atoms. The maximum absolute atomic E-state index is 12.6. The molecule has 264 valence electrons. The molecule has 47 heavy (non-hydrogen) atoms. The van der Waals surface area contributed by atoms with Gasteiger partial charge in [-0.25, -0.2) is 0 Å². The summed E-state index contributed by atoms with van der Waals surface area (Å²) in [6, 6.07) is 10.3. The van der Waals surface area contributed by atoms with E-state index in [1.807, 2.05) is 6.92 Å². The number of anilines is 3. The number of nitrogens with one attached hydrogen (secondary N) is 4. The van der Waals surface area contributed by atoms with Crippen molar-refractivity contribution in [1.29, 1.82) is 0 Å². The van der Waals surface area contributed by atoms with Crippen LogP contribution in [0.5, 0.6) is 5.75 Å². The van der Waals surface area contributed by atoms with Crippen molar-refractivity contribution in [3.8, 4) is 5.75 Å². The van der Waals surface area contributed by atoms with Crippen LogP contribution in [-0.2, 0) is 39.8 Å². The molecule has 0 spiro atoms. The first kappa shape index (κ1) is 40.3. The van der Waals surface area contributed by atoms with E-state index in [9.17, 15) is 13.8 Å². The zero-order chi connectivity index (χ0) is 34.0. The van der Waals surface area contributed by atoms with Gasteiger partial charge in [0, 0.05) is 23.6 Å². The average molecular weight is 697 g/mol. The van der Waals surface area contributed by atoms with Gasteiger partial charge in [0.1, 0.15) is 5.75 Å². The van der Waals surface area contributed by atoms with Crippen molar-refractivity contribution >= 4 is 52.4 Å². The molecule has 2 aromatic carbocycles. The molecule has 4 N–H and O–H groups in total. The number of thioether (sulfide) groups is 1. The van der Waals surface area contributed by atoms with Gasteiger partial charge < -0.3 is 28.4 Å². The van der Waals surface area contributed by atoms with Crippen molar-refractivity contribution in [3.05, 3.63) is 47.5 Å². The van der Waals surface area contributed by atoms with Gasteiger partial charge in [0.25, 0.3) is 0 Å². The lowest BCUT2D eigenvalue weighted by Crippen LogP contribution is -2.19. The van der Waals surface area contributed by atoms with Crippen LogP contribution in [0.3, 0.4) is 0 Å². The molecule has 2 rings (SSSR count). The highest BCUT2D eigenvalue weighted by molar-refractivity contribution is 7.99. The fourth-order valence-electron chi connectivity index (χ4n) is 4.25. The summed E-state index contributed by atoms with van der Waals surface area (Å²) in [6.07, 6.45) is 8.10. The molecule has 0 radical (unpaired) electrons. The summed E-state index contributed by atoms with van der Waals surface area (Å²) in [7, 11) is 0. The summed E-state index contributed by atoms with van der Waals surface area (Å²) in [4.78, 5) is 23.0. The van der Waals surface area contributed by atoms with Gasteiger partial charge in [-0.3, -0.25) is 25.2 Å². The lowest BCUT2D eigenvalue weighted by Gasteiger charge is -2.16. The molecular formula is C33H52N4O8S2. The zero-order valence-corrected chi connectivity index (χ0v) is 29.6. The number of rotatable bonds is 29. The smallest absolute Gasteiger partial charge is 0.316 e. The van der Waals surface area contributed by atoms with Crippen LogP contribution < -0.4 is 25.1 Å². The molecule has 0 saturated heterocycles. The number of hydrogen-bond acceptors (Lipinski definition) is 10. The molecule has 0 aliphatic heterocycles. The third kappa shape index (κ3) is 18.9. The normalized spacial score (nSPS) is 11.6. The number of carbonyl (C=O) groups excluding carboxylic acids is 2. The van der Waals surface area contributed by atoms with E-state index < -0.39 is 11.3 Å². The lowest BCUT2D eigenvalue weighted by atomic mass is 10.1. The Labute approximate surface area is 286 Å². The number of ether oxygens (including phenoxy) is 4. The Kier molecular flexibility index (Phi) is 22.4. The Morgan fingerprint density at radius 1 is 0.787 bits per heavy atom. The summed E-state index contributed by atoms with van der Waals surface area (Å²) in [6.45, 7) is 10.5. The Hall–Kier alpha value is -2.88. The van der Waals surface area contributed by atoms with Crippen LogP contribution in [0.4, 0.5) is 17.1 Å². The minimum Gasteiger partial charge on any atom is -0.385 e. The van der Waals surface area contributed by atoms with Crippen molar-refractivity contribution in [1.82, 2.24) is 5.43 Å². The quantitative estimate of drug-likeness (QED) is 0.0486. The highest BCUT2D eigenvalue weighted by Crippen LogP contribution is 2.30. The average Bonchev–Trinajstić information content (AvgIpc) is 3.06.